The second kappa shape index (κ2) is 9.25. The van der Waals surface area contributed by atoms with E-state index in [9.17, 15) is 14.4 Å². The number of pyridine rings is 1. The molecule has 7 heteroatoms. The maximum absolute atomic E-state index is 11.9. The Kier molecular flexibility index (Phi) is 7.03. The first kappa shape index (κ1) is 19.0. The van der Waals surface area contributed by atoms with Crippen molar-refractivity contribution in [3.05, 3.63) is 33.2 Å². The maximum atomic E-state index is 11.9. The highest BCUT2D eigenvalue weighted by Crippen LogP contribution is 2.17. The summed E-state index contributed by atoms with van der Waals surface area (Å²) in [5, 5.41) is 8.38. The van der Waals surface area contributed by atoms with Crippen LogP contribution >= 0.6 is 0 Å². The van der Waals surface area contributed by atoms with Crippen molar-refractivity contribution in [1.29, 1.82) is 0 Å². The molecule has 25 heavy (non-hydrogen) atoms. The number of carbonyl (C=O) groups excluding carboxylic acids is 2. The fraction of sp³-hybridized carbons (Fsp3) is 0.611. The lowest BCUT2D eigenvalue weighted by Gasteiger charge is -2.22. The van der Waals surface area contributed by atoms with Gasteiger partial charge in [-0.25, -0.2) is 4.79 Å². The van der Waals surface area contributed by atoms with Gasteiger partial charge in [0.05, 0.1) is 0 Å². The van der Waals surface area contributed by atoms with Crippen molar-refractivity contribution in [2.45, 2.75) is 65.0 Å². The molecule has 0 aliphatic heterocycles. The minimum absolute atomic E-state index is 0.178. The summed E-state index contributed by atoms with van der Waals surface area (Å²) in [5.74, 6) is -0.197. The Morgan fingerprint density at radius 2 is 1.88 bits per heavy atom. The zero-order valence-corrected chi connectivity index (χ0v) is 15.0. The Labute approximate surface area is 148 Å². The van der Waals surface area contributed by atoms with Crippen molar-refractivity contribution in [2.75, 3.05) is 6.54 Å². The highest BCUT2D eigenvalue weighted by molar-refractivity contribution is 5.78. The molecule has 1 aliphatic carbocycles. The van der Waals surface area contributed by atoms with Gasteiger partial charge < -0.3 is 20.9 Å². The molecule has 1 aromatic heterocycles. The van der Waals surface area contributed by atoms with Crippen LogP contribution in [0.2, 0.25) is 0 Å². The van der Waals surface area contributed by atoms with E-state index in [1.807, 2.05) is 19.9 Å². The van der Waals surface area contributed by atoms with Crippen molar-refractivity contribution in [1.82, 2.24) is 20.9 Å². The summed E-state index contributed by atoms with van der Waals surface area (Å²) in [6, 6.07) is 1.91. The summed E-state index contributed by atoms with van der Waals surface area (Å²) in [4.78, 5) is 38.3. The monoisotopic (exact) mass is 348 g/mol. The van der Waals surface area contributed by atoms with E-state index in [1.165, 1.54) is 6.42 Å². The van der Waals surface area contributed by atoms with Crippen LogP contribution in [-0.4, -0.2) is 29.5 Å². The van der Waals surface area contributed by atoms with Crippen LogP contribution in [0.4, 0.5) is 4.79 Å². The number of aromatic nitrogens is 1. The van der Waals surface area contributed by atoms with Crippen molar-refractivity contribution in [2.24, 2.45) is 0 Å². The van der Waals surface area contributed by atoms with E-state index in [1.54, 1.807) is 0 Å². The second-order valence-electron chi connectivity index (χ2n) is 6.70. The summed E-state index contributed by atoms with van der Waals surface area (Å²) >= 11 is 0. The molecule has 0 spiro atoms. The molecule has 0 saturated heterocycles. The molecule has 1 heterocycles. The summed E-state index contributed by atoms with van der Waals surface area (Å²) in [6.45, 7) is 4.13. The molecule has 1 fully saturated rings. The normalized spacial score (nSPS) is 14.8. The van der Waals surface area contributed by atoms with Gasteiger partial charge in [-0.2, -0.15) is 0 Å². The van der Waals surface area contributed by atoms with Gasteiger partial charge in [0.25, 0.3) is 5.56 Å². The minimum Gasteiger partial charge on any atom is -0.352 e. The number of rotatable bonds is 6. The molecule has 138 valence electrons. The van der Waals surface area contributed by atoms with Gasteiger partial charge in [0.2, 0.25) is 5.91 Å². The third-order valence-electron chi connectivity index (χ3n) is 4.53. The van der Waals surface area contributed by atoms with Gasteiger partial charge in [-0.1, -0.05) is 19.3 Å². The number of hydrogen-bond donors (Lipinski definition) is 4. The molecule has 4 N–H and O–H groups in total. The number of amides is 3. The van der Waals surface area contributed by atoms with Crippen LogP contribution in [0.1, 0.15) is 55.3 Å². The van der Waals surface area contributed by atoms with E-state index in [0.717, 1.165) is 36.9 Å². The SMILES string of the molecule is Cc1cc(C)c(CNC(=O)CCNC(=O)NC2CCCCC2)c(=O)[nH]1. The number of hydrogen-bond acceptors (Lipinski definition) is 3. The van der Waals surface area contributed by atoms with Crippen molar-refractivity contribution in [3.8, 4) is 0 Å². The van der Waals surface area contributed by atoms with Gasteiger partial charge >= 0.3 is 6.03 Å². The van der Waals surface area contributed by atoms with Gasteiger partial charge in [-0.15, -0.1) is 0 Å². The van der Waals surface area contributed by atoms with Crippen LogP contribution in [-0.2, 0) is 11.3 Å². The lowest BCUT2D eigenvalue weighted by Crippen LogP contribution is -2.43. The third kappa shape index (κ3) is 6.25. The molecule has 0 bridgehead atoms. The second-order valence-corrected chi connectivity index (χ2v) is 6.70. The molecular formula is C18H28N4O3. The van der Waals surface area contributed by atoms with Crippen molar-refractivity contribution in [3.63, 3.8) is 0 Å². The zero-order valence-electron chi connectivity index (χ0n) is 15.0. The van der Waals surface area contributed by atoms with E-state index in [0.29, 0.717) is 5.56 Å². The quantitative estimate of drug-likeness (QED) is 0.628. The lowest BCUT2D eigenvalue weighted by atomic mass is 9.96. The first-order valence-electron chi connectivity index (χ1n) is 8.96. The lowest BCUT2D eigenvalue weighted by molar-refractivity contribution is -0.121. The first-order chi connectivity index (χ1) is 12.0. The van der Waals surface area contributed by atoms with Crippen molar-refractivity contribution >= 4 is 11.9 Å². The van der Waals surface area contributed by atoms with E-state index in [-0.39, 0.29) is 43.0 Å². The van der Waals surface area contributed by atoms with Crippen LogP contribution in [0, 0.1) is 13.8 Å². The Balaban J connectivity index is 1.67. The first-order valence-corrected chi connectivity index (χ1v) is 8.96. The molecule has 3 amide bonds. The average molecular weight is 348 g/mol. The molecular weight excluding hydrogens is 320 g/mol. The van der Waals surface area contributed by atoms with Crippen LogP contribution in [0.25, 0.3) is 0 Å². The van der Waals surface area contributed by atoms with Gasteiger partial charge in [-0.3, -0.25) is 9.59 Å². The Bertz CT molecular complexity index is 663. The van der Waals surface area contributed by atoms with Gasteiger partial charge in [-0.05, 0) is 38.3 Å². The molecule has 7 nitrogen and oxygen atoms in total. The van der Waals surface area contributed by atoms with Crippen LogP contribution < -0.4 is 21.5 Å². The average Bonchev–Trinajstić information content (AvgIpc) is 2.54. The fourth-order valence-electron chi connectivity index (χ4n) is 3.15. The molecule has 0 atom stereocenters. The smallest absolute Gasteiger partial charge is 0.315 e. The third-order valence-corrected chi connectivity index (χ3v) is 4.53. The van der Waals surface area contributed by atoms with E-state index in [2.05, 4.69) is 20.9 Å². The summed E-state index contributed by atoms with van der Waals surface area (Å²) in [6.07, 6.45) is 5.79. The number of H-pyrrole nitrogens is 1. The molecule has 1 aromatic rings. The molecule has 1 saturated carbocycles. The number of carbonyl (C=O) groups is 2. The maximum Gasteiger partial charge on any atom is 0.315 e. The topological polar surface area (TPSA) is 103 Å². The summed E-state index contributed by atoms with van der Waals surface area (Å²) in [7, 11) is 0. The molecule has 0 aromatic carbocycles. The van der Waals surface area contributed by atoms with Crippen LogP contribution in [0.3, 0.4) is 0 Å². The Hall–Kier alpha value is -2.31. The molecule has 0 unspecified atom stereocenters. The molecule has 1 aliphatic rings. The van der Waals surface area contributed by atoms with Gasteiger partial charge in [0, 0.05) is 36.8 Å². The Morgan fingerprint density at radius 1 is 1.16 bits per heavy atom. The number of aryl methyl sites for hydroxylation is 2. The fourth-order valence-corrected chi connectivity index (χ4v) is 3.15. The van der Waals surface area contributed by atoms with Crippen LogP contribution in [0.5, 0.6) is 0 Å². The van der Waals surface area contributed by atoms with E-state index < -0.39 is 0 Å². The predicted molar refractivity (Wildman–Crippen MR) is 96.4 cm³/mol. The minimum atomic E-state index is -0.217. The predicted octanol–water partition coefficient (Wildman–Crippen LogP) is 1.63. The number of aromatic amines is 1. The standard InChI is InChI=1S/C18H28N4O3/c1-12-10-13(2)21-17(24)15(12)11-20-16(23)8-9-19-18(25)22-14-6-4-3-5-7-14/h10,14H,3-9,11H2,1-2H3,(H,20,23)(H,21,24)(H2,19,22,25). The highest BCUT2D eigenvalue weighted by atomic mass is 16.2. The molecule has 2 rings (SSSR count). The Morgan fingerprint density at radius 3 is 2.56 bits per heavy atom. The van der Waals surface area contributed by atoms with E-state index >= 15 is 0 Å². The molecule has 0 radical (unpaired) electrons. The van der Waals surface area contributed by atoms with Gasteiger partial charge in [0.1, 0.15) is 0 Å². The van der Waals surface area contributed by atoms with E-state index in [4.69, 9.17) is 0 Å². The van der Waals surface area contributed by atoms with Gasteiger partial charge in [0.15, 0.2) is 0 Å². The number of urea groups is 1. The summed E-state index contributed by atoms with van der Waals surface area (Å²) < 4.78 is 0. The highest BCUT2D eigenvalue weighted by Gasteiger charge is 2.15. The van der Waals surface area contributed by atoms with Crippen molar-refractivity contribution < 1.29 is 9.59 Å². The summed E-state index contributed by atoms with van der Waals surface area (Å²) in [5.41, 5.74) is 2.03. The van der Waals surface area contributed by atoms with Crippen LogP contribution in [0.15, 0.2) is 10.9 Å². The largest absolute Gasteiger partial charge is 0.352 e. The number of nitrogens with one attached hydrogen (secondary N) is 4. The zero-order chi connectivity index (χ0) is 18.2.